The largest absolute Gasteiger partial charge is 0.0676 e. The Kier molecular flexibility index (Phi) is 4.68. The zero-order valence-corrected chi connectivity index (χ0v) is 17.3. The molecule has 2 aliphatic carbocycles. The summed E-state index contributed by atoms with van der Waals surface area (Å²) in [5, 5.41) is 0. The van der Waals surface area contributed by atoms with Crippen LogP contribution in [0.15, 0.2) is 76.9 Å². The molecule has 0 fully saturated rings. The van der Waals surface area contributed by atoms with Crippen molar-refractivity contribution in [3.8, 4) is 0 Å². The van der Waals surface area contributed by atoms with E-state index in [0.717, 1.165) is 6.42 Å². The van der Waals surface area contributed by atoms with Crippen LogP contribution in [0.4, 0.5) is 0 Å². The van der Waals surface area contributed by atoms with E-state index >= 15 is 0 Å². The van der Waals surface area contributed by atoms with Gasteiger partial charge in [-0.2, -0.15) is 0 Å². The molecule has 0 aromatic heterocycles. The van der Waals surface area contributed by atoms with Crippen LogP contribution in [-0.4, -0.2) is 0 Å². The molecule has 0 nitrogen and oxygen atoms in total. The second-order valence-electron chi connectivity index (χ2n) is 8.23. The SMILES string of the molecule is CCCc1ccc(C2=CC(C3C(C)=C(C)C(C)=C3C)c3ccccc32)cc1. The molecule has 0 saturated heterocycles. The highest BCUT2D eigenvalue weighted by atomic mass is 14.4. The van der Waals surface area contributed by atoms with E-state index in [2.05, 4.69) is 89.2 Å². The van der Waals surface area contributed by atoms with Gasteiger partial charge >= 0.3 is 0 Å². The van der Waals surface area contributed by atoms with Gasteiger partial charge in [0, 0.05) is 11.8 Å². The van der Waals surface area contributed by atoms with Gasteiger partial charge in [-0.15, -0.1) is 0 Å². The minimum absolute atomic E-state index is 0.443. The lowest BCUT2D eigenvalue weighted by molar-refractivity contribution is 0.648. The minimum Gasteiger partial charge on any atom is -0.0676 e. The van der Waals surface area contributed by atoms with Gasteiger partial charge in [-0.1, -0.05) is 79.1 Å². The highest BCUT2D eigenvalue weighted by Gasteiger charge is 2.35. The number of rotatable bonds is 4. The maximum atomic E-state index is 2.53. The van der Waals surface area contributed by atoms with Crippen molar-refractivity contribution in [3.63, 3.8) is 0 Å². The topological polar surface area (TPSA) is 0 Å². The fraction of sp³-hybridized carbons (Fsp3) is 0.333. The molecule has 2 aromatic rings. The van der Waals surface area contributed by atoms with Crippen molar-refractivity contribution in [3.05, 3.63) is 99.2 Å². The predicted octanol–water partition coefficient (Wildman–Crippen LogP) is 7.47. The van der Waals surface area contributed by atoms with Crippen LogP contribution < -0.4 is 0 Å². The van der Waals surface area contributed by atoms with Crippen molar-refractivity contribution in [2.75, 3.05) is 0 Å². The number of allylic oxidation sites excluding steroid dienone is 5. The van der Waals surface area contributed by atoms with E-state index in [4.69, 9.17) is 0 Å². The summed E-state index contributed by atoms with van der Waals surface area (Å²) in [6.45, 7) is 11.5. The Morgan fingerprint density at radius 2 is 1.41 bits per heavy atom. The van der Waals surface area contributed by atoms with Gasteiger partial charge in [-0.25, -0.2) is 0 Å². The first-order valence-corrected chi connectivity index (χ1v) is 10.3. The van der Waals surface area contributed by atoms with Gasteiger partial charge in [0.15, 0.2) is 0 Å². The molecule has 0 bridgehead atoms. The van der Waals surface area contributed by atoms with Crippen LogP contribution in [0.2, 0.25) is 0 Å². The molecule has 4 rings (SSSR count). The lowest BCUT2D eigenvalue weighted by Gasteiger charge is -2.23. The Morgan fingerprint density at radius 3 is 2.04 bits per heavy atom. The van der Waals surface area contributed by atoms with Crippen molar-refractivity contribution < 1.29 is 0 Å². The normalized spacial score (nSPS) is 19.7. The Hall–Kier alpha value is -2.34. The average Bonchev–Trinajstić information content (AvgIpc) is 3.15. The summed E-state index contributed by atoms with van der Waals surface area (Å²) in [6.07, 6.45) is 4.89. The predicted molar refractivity (Wildman–Crippen MR) is 117 cm³/mol. The van der Waals surface area contributed by atoms with E-state index in [-0.39, 0.29) is 0 Å². The van der Waals surface area contributed by atoms with Gasteiger partial charge < -0.3 is 0 Å². The smallest absolute Gasteiger partial charge is 0.0137 e. The van der Waals surface area contributed by atoms with Crippen molar-refractivity contribution in [2.45, 2.75) is 53.4 Å². The highest BCUT2D eigenvalue weighted by Crippen LogP contribution is 2.51. The summed E-state index contributed by atoms with van der Waals surface area (Å²) in [5.41, 5.74) is 13.1. The van der Waals surface area contributed by atoms with Gasteiger partial charge in [0.25, 0.3) is 0 Å². The summed E-state index contributed by atoms with van der Waals surface area (Å²) in [5.74, 6) is 0.946. The van der Waals surface area contributed by atoms with Crippen molar-refractivity contribution in [2.24, 2.45) is 5.92 Å². The van der Waals surface area contributed by atoms with E-state index in [1.165, 1.54) is 45.4 Å². The molecule has 2 aromatic carbocycles. The van der Waals surface area contributed by atoms with Gasteiger partial charge in [-0.3, -0.25) is 0 Å². The Labute approximate surface area is 164 Å². The second kappa shape index (κ2) is 7.00. The average molecular weight is 355 g/mol. The second-order valence-corrected chi connectivity index (χ2v) is 8.23. The molecule has 2 aliphatic rings. The summed E-state index contributed by atoms with van der Waals surface area (Å²) in [4.78, 5) is 0. The molecule has 0 heteroatoms. The molecular formula is C27H30. The Balaban J connectivity index is 1.79. The van der Waals surface area contributed by atoms with Crippen LogP contribution in [0.1, 0.15) is 69.2 Å². The third-order valence-corrected chi connectivity index (χ3v) is 6.80. The molecular weight excluding hydrogens is 324 g/mol. The van der Waals surface area contributed by atoms with Crippen LogP contribution in [0.25, 0.3) is 5.57 Å². The third kappa shape index (κ3) is 2.92. The van der Waals surface area contributed by atoms with E-state index in [1.54, 1.807) is 11.1 Å². The number of aryl methyl sites for hydroxylation is 1. The van der Waals surface area contributed by atoms with Crippen molar-refractivity contribution >= 4 is 5.57 Å². The van der Waals surface area contributed by atoms with Gasteiger partial charge in [0.05, 0.1) is 0 Å². The van der Waals surface area contributed by atoms with Crippen molar-refractivity contribution in [1.82, 2.24) is 0 Å². The molecule has 0 radical (unpaired) electrons. The number of hydrogen-bond acceptors (Lipinski definition) is 0. The molecule has 0 saturated carbocycles. The van der Waals surface area contributed by atoms with Crippen LogP contribution in [0.5, 0.6) is 0 Å². The monoisotopic (exact) mass is 354 g/mol. The lowest BCUT2D eigenvalue weighted by Crippen LogP contribution is -2.11. The van der Waals surface area contributed by atoms with Crippen LogP contribution in [0.3, 0.4) is 0 Å². The van der Waals surface area contributed by atoms with Gasteiger partial charge in [0.2, 0.25) is 0 Å². The van der Waals surface area contributed by atoms with Crippen LogP contribution in [-0.2, 0) is 6.42 Å². The molecule has 0 heterocycles. The van der Waals surface area contributed by atoms with Gasteiger partial charge in [-0.05, 0) is 73.1 Å². The summed E-state index contributed by atoms with van der Waals surface area (Å²) in [6, 6.07) is 18.2. The molecule has 0 N–H and O–H groups in total. The molecule has 1 atom stereocenters. The number of hydrogen-bond donors (Lipinski definition) is 0. The van der Waals surface area contributed by atoms with Crippen LogP contribution >= 0.6 is 0 Å². The van der Waals surface area contributed by atoms with E-state index in [9.17, 15) is 0 Å². The molecule has 138 valence electrons. The standard InChI is InChI=1S/C27H30/c1-6-9-21-12-14-22(15-13-21)25-16-26(24-11-8-7-10-23(24)25)27-19(4)17(2)18(3)20(27)5/h7-8,10-16,26-27H,6,9H2,1-5H3. The maximum absolute atomic E-state index is 2.53. The number of fused-ring (bicyclic) bond motifs is 1. The summed E-state index contributed by atoms with van der Waals surface area (Å²) >= 11 is 0. The summed E-state index contributed by atoms with van der Waals surface area (Å²) in [7, 11) is 0. The zero-order valence-electron chi connectivity index (χ0n) is 17.3. The first kappa shape index (κ1) is 18.0. The molecule has 27 heavy (non-hydrogen) atoms. The molecule has 0 spiro atoms. The zero-order chi connectivity index (χ0) is 19.1. The quantitative estimate of drug-likeness (QED) is 0.534. The Morgan fingerprint density at radius 1 is 0.778 bits per heavy atom. The Bertz CT molecular complexity index is 939. The van der Waals surface area contributed by atoms with E-state index in [1.807, 2.05) is 0 Å². The fourth-order valence-corrected chi connectivity index (χ4v) is 4.98. The summed E-state index contributed by atoms with van der Waals surface area (Å²) < 4.78 is 0. The minimum atomic E-state index is 0.443. The molecule has 0 aliphatic heterocycles. The molecule has 1 unspecified atom stereocenters. The lowest BCUT2D eigenvalue weighted by atomic mass is 9.81. The van der Waals surface area contributed by atoms with Crippen molar-refractivity contribution in [1.29, 1.82) is 0 Å². The fourth-order valence-electron chi connectivity index (χ4n) is 4.98. The first-order valence-electron chi connectivity index (χ1n) is 10.3. The maximum Gasteiger partial charge on any atom is 0.0137 e. The number of benzene rings is 2. The molecule has 0 amide bonds. The first-order chi connectivity index (χ1) is 13.0. The third-order valence-electron chi connectivity index (χ3n) is 6.80. The van der Waals surface area contributed by atoms with E-state index in [0.29, 0.717) is 11.8 Å². The van der Waals surface area contributed by atoms with Crippen LogP contribution in [0, 0.1) is 5.92 Å². The van der Waals surface area contributed by atoms with Gasteiger partial charge in [0.1, 0.15) is 0 Å². The van der Waals surface area contributed by atoms with E-state index < -0.39 is 0 Å². The highest BCUT2D eigenvalue weighted by molar-refractivity contribution is 5.86.